The zero-order valence-electron chi connectivity index (χ0n) is 11.2. The second-order valence-corrected chi connectivity index (χ2v) is 4.72. The number of carbonyl (C=O) groups excluding carboxylic acids is 1. The summed E-state index contributed by atoms with van der Waals surface area (Å²) in [5.74, 6) is -0.0362. The smallest absolute Gasteiger partial charge is 0.228 e. The van der Waals surface area contributed by atoms with Gasteiger partial charge in [0.2, 0.25) is 5.91 Å². The van der Waals surface area contributed by atoms with Gasteiger partial charge >= 0.3 is 0 Å². The number of H-pyrrole nitrogens is 1. The number of para-hydroxylation sites is 1. The maximum atomic E-state index is 12.1. The number of carbonyl (C=O) groups is 1. The van der Waals surface area contributed by atoms with Gasteiger partial charge in [-0.25, -0.2) is 0 Å². The number of hydrogen-bond donors (Lipinski definition) is 2. The number of hydrogen-bond acceptors (Lipinski definition) is 2. The number of aromatic amines is 1. The molecule has 0 fully saturated rings. The molecule has 4 heteroatoms. The summed E-state index contributed by atoms with van der Waals surface area (Å²) >= 11 is 0. The van der Waals surface area contributed by atoms with Crippen LogP contribution in [0.2, 0.25) is 0 Å². The van der Waals surface area contributed by atoms with Crippen LogP contribution in [-0.2, 0) is 11.2 Å². The minimum Gasteiger partial charge on any atom is -0.361 e. The van der Waals surface area contributed by atoms with E-state index in [2.05, 4.69) is 15.3 Å². The van der Waals surface area contributed by atoms with E-state index in [0.29, 0.717) is 6.42 Å². The maximum Gasteiger partial charge on any atom is 0.228 e. The average molecular weight is 265 g/mol. The highest BCUT2D eigenvalue weighted by Gasteiger charge is 2.09. The Labute approximate surface area is 116 Å². The zero-order chi connectivity index (χ0) is 13.9. The molecular weight excluding hydrogens is 250 g/mol. The SMILES string of the molecule is Cc1ncccc1NC(=O)Cc1c[nH]c2ccccc12. The number of rotatable bonds is 3. The molecule has 0 aliphatic rings. The molecule has 0 unspecified atom stereocenters. The van der Waals surface area contributed by atoms with Gasteiger partial charge in [-0.1, -0.05) is 18.2 Å². The molecule has 0 spiro atoms. The van der Waals surface area contributed by atoms with Crippen LogP contribution < -0.4 is 5.32 Å². The molecule has 2 N–H and O–H groups in total. The molecule has 4 nitrogen and oxygen atoms in total. The van der Waals surface area contributed by atoms with E-state index < -0.39 is 0 Å². The van der Waals surface area contributed by atoms with Crippen molar-refractivity contribution in [1.29, 1.82) is 0 Å². The molecule has 2 heterocycles. The molecule has 0 saturated carbocycles. The Balaban J connectivity index is 1.78. The molecule has 100 valence electrons. The van der Waals surface area contributed by atoms with E-state index in [1.54, 1.807) is 6.20 Å². The first-order valence-electron chi connectivity index (χ1n) is 6.50. The number of benzene rings is 1. The second kappa shape index (κ2) is 5.17. The first-order valence-corrected chi connectivity index (χ1v) is 6.50. The Kier molecular flexibility index (Phi) is 3.21. The number of amides is 1. The van der Waals surface area contributed by atoms with Crippen LogP contribution in [0.15, 0.2) is 48.8 Å². The lowest BCUT2D eigenvalue weighted by Crippen LogP contribution is -2.15. The quantitative estimate of drug-likeness (QED) is 0.764. The number of aromatic nitrogens is 2. The lowest BCUT2D eigenvalue weighted by atomic mass is 10.1. The van der Waals surface area contributed by atoms with Gasteiger partial charge in [0, 0.05) is 23.3 Å². The lowest BCUT2D eigenvalue weighted by Gasteiger charge is -2.06. The predicted molar refractivity (Wildman–Crippen MR) is 79.6 cm³/mol. The number of anilines is 1. The van der Waals surface area contributed by atoms with Gasteiger partial charge in [0.15, 0.2) is 0 Å². The van der Waals surface area contributed by atoms with E-state index in [0.717, 1.165) is 27.8 Å². The highest BCUT2D eigenvalue weighted by Crippen LogP contribution is 2.19. The molecule has 20 heavy (non-hydrogen) atoms. The van der Waals surface area contributed by atoms with Crippen LogP contribution in [0.25, 0.3) is 10.9 Å². The van der Waals surface area contributed by atoms with Crippen molar-refractivity contribution >= 4 is 22.5 Å². The van der Waals surface area contributed by atoms with Crippen LogP contribution >= 0.6 is 0 Å². The number of aryl methyl sites for hydroxylation is 1. The summed E-state index contributed by atoms with van der Waals surface area (Å²) in [6.45, 7) is 1.88. The third-order valence-electron chi connectivity index (χ3n) is 3.31. The standard InChI is InChI=1S/C16H15N3O/c1-11-14(7-4-8-17-11)19-16(20)9-12-10-18-15-6-3-2-5-13(12)15/h2-8,10,18H,9H2,1H3,(H,19,20). The molecule has 1 amide bonds. The Morgan fingerprint density at radius 3 is 2.95 bits per heavy atom. The Bertz CT molecular complexity index is 761. The van der Waals surface area contributed by atoms with E-state index in [1.807, 2.05) is 49.5 Å². The van der Waals surface area contributed by atoms with Gasteiger partial charge in [0.1, 0.15) is 0 Å². The summed E-state index contributed by atoms with van der Waals surface area (Å²) in [5, 5.41) is 3.99. The minimum atomic E-state index is -0.0362. The number of fused-ring (bicyclic) bond motifs is 1. The molecular formula is C16H15N3O. The summed E-state index contributed by atoms with van der Waals surface area (Å²) in [6.07, 6.45) is 3.95. The average Bonchev–Trinajstić information content (AvgIpc) is 2.85. The molecule has 0 radical (unpaired) electrons. The van der Waals surface area contributed by atoms with Crippen LogP contribution in [0.3, 0.4) is 0 Å². The van der Waals surface area contributed by atoms with Crippen molar-refractivity contribution in [3.8, 4) is 0 Å². The van der Waals surface area contributed by atoms with Crippen molar-refractivity contribution in [3.63, 3.8) is 0 Å². The van der Waals surface area contributed by atoms with Crippen LogP contribution in [0.5, 0.6) is 0 Å². The summed E-state index contributed by atoms with van der Waals surface area (Å²) in [4.78, 5) is 19.5. The van der Waals surface area contributed by atoms with Gasteiger partial charge in [-0.2, -0.15) is 0 Å². The van der Waals surface area contributed by atoms with E-state index in [-0.39, 0.29) is 5.91 Å². The largest absolute Gasteiger partial charge is 0.361 e. The Morgan fingerprint density at radius 1 is 1.25 bits per heavy atom. The van der Waals surface area contributed by atoms with Crippen molar-refractivity contribution in [3.05, 3.63) is 60.0 Å². The number of pyridine rings is 1. The normalized spacial score (nSPS) is 10.7. The monoisotopic (exact) mass is 265 g/mol. The molecule has 0 bridgehead atoms. The van der Waals surface area contributed by atoms with Crippen molar-refractivity contribution in [2.75, 3.05) is 5.32 Å². The van der Waals surface area contributed by atoms with E-state index >= 15 is 0 Å². The summed E-state index contributed by atoms with van der Waals surface area (Å²) < 4.78 is 0. The number of nitrogens with zero attached hydrogens (tertiary/aromatic N) is 1. The van der Waals surface area contributed by atoms with Gasteiger partial charge in [-0.05, 0) is 30.7 Å². The van der Waals surface area contributed by atoms with Gasteiger partial charge in [0.05, 0.1) is 17.8 Å². The zero-order valence-corrected chi connectivity index (χ0v) is 11.2. The van der Waals surface area contributed by atoms with Crippen molar-refractivity contribution in [1.82, 2.24) is 9.97 Å². The van der Waals surface area contributed by atoms with Gasteiger partial charge < -0.3 is 10.3 Å². The van der Waals surface area contributed by atoms with E-state index in [1.165, 1.54) is 0 Å². The van der Waals surface area contributed by atoms with Gasteiger partial charge in [-0.3, -0.25) is 9.78 Å². The first kappa shape index (κ1) is 12.4. The van der Waals surface area contributed by atoms with Crippen molar-refractivity contribution < 1.29 is 4.79 Å². The third-order valence-corrected chi connectivity index (χ3v) is 3.31. The topological polar surface area (TPSA) is 57.8 Å². The fourth-order valence-corrected chi connectivity index (χ4v) is 2.26. The molecule has 0 aliphatic heterocycles. The Hall–Kier alpha value is -2.62. The van der Waals surface area contributed by atoms with Crippen molar-refractivity contribution in [2.45, 2.75) is 13.3 Å². The lowest BCUT2D eigenvalue weighted by molar-refractivity contribution is -0.115. The van der Waals surface area contributed by atoms with Gasteiger partial charge in [-0.15, -0.1) is 0 Å². The fourth-order valence-electron chi connectivity index (χ4n) is 2.26. The Morgan fingerprint density at radius 2 is 2.10 bits per heavy atom. The fraction of sp³-hybridized carbons (Fsp3) is 0.125. The summed E-state index contributed by atoms with van der Waals surface area (Å²) in [5.41, 5.74) is 3.63. The molecule has 3 rings (SSSR count). The first-order chi connectivity index (χ1) is 9.74. The maximum absolute atomic E-state index is 12.1. The van der Waals surface area contributed by atoms with Crippen LogP contribution in [0.4, 0.5) is 5.69 Å². The molecule has 0 aliphatic carbocycles. The summed E-state index contributed by atoms with van der Waals surface area (Å²) in [7, 11) is 0. The highest BCUT2D eigenvalue weighted by atomic mass is 16.1. The third kappa shape index (κ3) is 2.40. The molecule has 2 aromatic heterocycles. The van der Waals surface area contributed by atoms with E-state index in [9.17, 15) is 4.79 Å². The van der Waals surface area contributed by atoms with Crippen LogP contribution in [0, 0.1) is 6.92 Å². The minimum absolute atomic E-state index is 0.0362. The molecule has 3 aromatic rings. The predicted octanol–water partition coefficient (Wildman–Crippen LogP) is 3.05. The van der Waals surface area contributed by atoms with Gasteiger partial charge in [0.25, 0.3) is 0 Å². The van der Waals surface area contributed by atoms with Crippen molar-refractivity contribution in [2.24, 2.45) is 0 Å². The second-order valence-electron chi connectivity index (χ2n) is 4.72. The van der Waals surface area contributed by atoms with Crippen LogP contribution in [0.1, 0.15) is 11.3 Å². The summed E-state index contributed by atoms with van der Waals surface area (Å²) in [6, 6.07) is 11.6. The number of nitrogens with one attached hydrogen (secondary N) is 2. The highest BCUT2D eigenvalue weighted by molar-refractivity contribution is 5.96. The molecule has 0 atom stereocenters. The van der Waals surface area contributed by atoms with E-state index in [4.69, 9.17) is 0 Å². The molecule has 0 saturated heterocycles. The molecule has 1 aromatic carbocycles. The van der Waals surface area contributed by atoms with Crippen LogP contribution in [-0.4, -0.2) is 15.9 Å².